The molecule has 0 aliphatic carbocycles. The van der Waals surface area contributed by atoms with Gasteiger partial charge >= 0.3 is 0 Å². The minimum atomic E-state index is -0.923. The molecule has 2 rings (SSSR count). The molecule has 0 fully saturated rings. The van der Waals surface area contributed by atoms with Gasteiger partial charge in [-0.3, -0.25) is 10.1 Å². The van der Waals surface area contributed by atoms with Crippen molar-refractivity contribution < 1.29 is 13.6 Å². The van der Waals surface area contributed by atoms with Crippen LogP contribution in [0.15, 0.2) is 23.1 Å². The number of nitrogens with zero attached hydrogens (tertiary/aromatic N) is 2. The highest BCUT2D eigenvalue weighted by Crippen LogP contribution is 2.22. The minimum absolute atomic E-state index is 0.0875. The maximum absolute atomic E-state index is 13.1. The summed E-state index contributed by atoms with van der Waals surface area (Å²) in [7, 11) is 0. The second kappa shape index (κ2) is 7.64. The molecule has 0 unspecified atom stereocenters. The fourth-order valence-electron chi connectivity index (χ4n) is 1.61. The van der Waals surface area contributed by atoms with E-state index in [2.05, 4.69) is 29.4 Å². The molecule has 0 saturated heterocycles. The van der Waals surface area contributed by atoms with Gasteiger partial charge in [-0.2, -0.15) is 0 Å². The van der Waals surface area contributed by atoms with E-state index in [1.165, 1.54) is 17.4 Å². The number of thioether (sulfide) groups is 1. The number of benzene rings is 1. The molecule has 1 amide bonds. The van der Waals surface area contributed by atoms with Gasteiger partial charge in [-0.15, -0.1) is 22.0 Å². The number of amides is 1. The van der Waals surface area contributed by atoms with Crippen LogP contribution in [0.1, 0.15) is 18.9 Å². The Morgan fingerprint density at radius 3 is 2.77 bits per heavy atom. The maximum Gasteiger partial charge on any atom is 0.236 e. The number of hydrogen-bond donors (Lipinski definition) is 1. The highest BCUT2D eigenvalue weighted by atomic mass is 32.2. The summed E-state index contributed by atoms with van der Waals surface area (Å²) in [5, 5.41) is 11.9. The molecule has 0 saturated carbocycles. The Labute approximate surface area is 135 Å². The van der Waals surface area contributed by atoms with Crippen LogP contribution in [0.4, 0.5) is 13.9 Å². The van der Waals surface area contributed by atoms with Crippen molar-refractivity contribution in [2.24, 2.45) is 5.92 Å². The molecular formula is C14H15F2N3OS2. The first-order valence-electron chi connectivity index (χ1n) is 6.64. The average molecular weight is 343 g/mol. The number of nitrogens with one attached hydrogen (secondary N) is 1. The van der Waals surface area contributed by atoms with E-state index in [4.69, 9.17) is 0 Å². The average Bonchev–Trinajstić information content (AvgIpc) is 2.86. The summed E-state index contributed by atoms with van der Waals surface area (Å²) in [6.45, 7) is 4.16. The fraction of sp³-hybridized carbons (Fsp3) is 0.357. The molecule has 1 N–H and O–H groups in total. The number of anilines is 1. The van der Waals surface area contributed by atoms with Crippen molar-refractivity contribution in [3.05, 3.63) is 34.8 Å². The lowest BCUT2D eigenvalue weighted by Crippen LogP contribution is -2.13. The van der Waals surface area contributed by atoms with Gasteiger partial charge in [0.15, 0.2) is 11.6 Å². The summed E-state index contributed by atoms with van der Waals surface area (Å²) in [5.74, 6) is -1.53. The number of hydrogen-bond acceptors (Lipinski definition) is 5. The molecule has 1 aromatic heterocycles. The number of aromatic nitrogens is 2. The smallest absolute Gasteiger partial charge is 0.236 e. The van der Waals surface area contributed by atoms with Crippen LogP contribution in [0.3, 0.4) is 0 Å². The predicted molar refractivity (Wildman–Crippen MR) is 84.2 cm³/mol. The van der Waals surface area contributed by atoms with E-state index in [0.717, 1.165) is 35.3 Å². The van der Waals surface area contributed by atoms with E-state index in [-0.39, 0.29) is 11.7 Å². The van der Waals surface area contributed by atoms with Crippen molar-refractivity contribution in [2.75, 3.05) is 11.1 Å². The summed E-state index contributed by atoms with van der Waals surface area (Å²) in [6, 6.07) is 3.54. The predicted octanol–water partition coefficient (Wildman–Crippen LogP) is 3.75. The Morgan fingerprint density at radius 1 is 1.32 bits per heavy atom. The van der Waals surface area contributed by atoms with Crippen LogP contribution in [0.2, 0.25) is 0 Å². The summed E-state index contributed by atoms with van der Waals surface area (Å²) in [5.41, 5.74) is 0. The quantitative estimate of drug-likeness (QED) is 0.812. The zero-order chi connectivity index (χ0) is 16.1. The first kappa shape index (κ1) is 16.8. The largest absolute Gasteiger partial charge is 0.300 e. The van der Waals surface area contributed by atoms with Gasteiger partial charge in [0.2, 0.25) is 11.0 Å². The Bertz CT molecular complexity index is 661. The normalized spacial score (nSPS) is 11.0. The lowest BCUT2D eigenvalue weighted by molar-refractivity contribution is -0.113. The first-order valence-corrected chi connectivity index (χ1v) is 8.44. The molecule has 8 heteroatoms. The van der Waals surface area contributed by atoms with Crippen molar-refractivity contribution in [3.8, 4) is 0 Å². The first-order chi connectivity index (χ1) is 10.4. The molecule has 1 heterocycles. The van der Waals surface area contributed by atoms with Gasteiger partial charge < -0.3 is 0 Å². The zero-order valence-corrected chi connectivity index (χ0v) is 13.7. The highest BCUT2D eigenvalue weighted by Gasteiger charge is 2.10. The van der Waals surface area contributed by atoms with E-state index in [9.17, 15) is 13.6 Å². The lowest BCUT2D eigenvalue weighted by atomic mass is 10.1. The number of carbonyl (C=O) groups excluding carboxylic acids is 1. The highest BCUT2D eigenvalue weighted by molar-refractivity contribution is 8.00. The number of rotatable bonds is 6. The molecule has 0 aliphatic heterocycles. The summed E-state index contributed by atoms with van der Waals surface area (Å²) in [6.07, 6.45) is 0.817. The van der Waals surface area contributed by atoms with Crippen LogP contribution in [0.5, 0.6) is 0 Å². The molecule has 4 nitrogen and oxygen atoms in total. The van der Waals surface area contributed by atoms with Crippen molar-refractivity contribution >= 4 is 34.1 Å². The molecule has 22 heavy (non-hydrogen) atoms. The van der Waals surface area contributed by atoms with E-state index in [1.807, 2.05) is 0 Å². The van der Waals surface area contributed by atoms with Crippen molar-refractivity contribution in [2.45, 2.75) is 25.2 Å². The summed E-state index contributed by atoms with van der Waals surface area (Å²) < 4.78 is 25.9. The van der Waals surface area contributed by atoms with Gasteiger partial charge in [0.25, 0.3) is 0 Å². The Morgan fingerprint density at radius 2 is 2.09 bits per heavy atom. The SMILES string of the molecule is CC(C)Cc1nnc(NC(=O)CSc2ccc(F)c(F)c2)s1. The molecule has 0 aliphatic rings. The Hall–Kier alpha value is -1.54. The second-order valence-electron chi connectivity index (χ2n) is 5.01. The molecular weight excluding hydrogens is 328 g/mol. The van der Waals surface area contributed by atoms with Gasteiger partial charge in [0, 0.05) is 11.3 Å². The van der Waals surface area contributed by atoms with Crippen molar-refractivity contribution in [1.29, 1.82) is 0 Å². The van der Waals surface area contributed by atoms with Crippen LogP contribution in [-0.2, 0) is 11.2 Å². The van der Waals surface area contributed by atoms with Crippen LogP contribution in [0.25, 0.3) is 0 Å². The lowest BCUT2D eigenvalue weighted by Gasteiger charge is -2.02. The molecule has 118 valence electrons. The molecule has 2 aromatic rings. The van der Waals surface area contributed by atoms with Gasteiger partial charge in [0.1, 0.15) is 5.01 Å². The molecule has 1 aromatic carbocycles. The maximum atomic E-state index is 13.1. The second-order valence-corrected chi connectivity index (χ2v) is 7.12. The van der Waals surface area contributed by atoms with Gasteiger partial charge in [0.05, 0.1) is 5.75 Å². The number of halogens is 2. The van der Waals surface area contributed by atoms with E-state index < -0.39 is 11.6 Å². The van der Waals surface area contributed by atoms with Gasteiger partial charge in [-0.25, -0.2) is 8.78 Å². The summed E-state index contributed by atoms with van der Waals surface area (Å²) in [4.78, 5) is 12.3. The summed E-state index contributed by atoms with van der Waals surface area (Å²) >= 11 is 2.47. The molecule has 0 atom stereocenters. The topological polar surface area (TPSA) is 54.9 Å². The standard InChI is InChI=1S/C14H15F2N3OS2/c1-8(2)5-13-18-19-14(22-13)17-12(20)7-21-9-3-4-10(15)11(16)6-9/h3-4,6,8H,5,7H2,1-2H3,(H,17,19,20). The van der Waals surface area contributed by atoms with Crippen LogP contribution < -0.4 is 5.32 Å². The zero-order valence-electron chi connectivity index (χ0n) is 12.1. The Balaban J connectivity index is 1.84. The van der Waals surface area contributed by atoms with Crippen LogP contribution in [-0.4, -0.2) is 21.9 Å². The van der Waals surface area contributed by atoms with Gasteiger partial charge in [-0.05, 0) is 24.1 Å². The fourth-order valence-corrected chi connectivity index (χ4v) is 3.30. The van der Waals surface area contributed by atoms with E-state index in [0.29, 0.717) is 15.9 Å². The van der Waals surface area contributed by atoms with Crippen molar-refractivity contribution in [3.63, 3.8) is 0 Å². The Kier molecular flexibility index (Phi) is 5.84. The minimum Gasteiger partial charge on any atom is -0.300 e. The third kappa shape index (κ3) is 5.03. The van der Waals surface area contributed by atoms with Crippen LogP contribution in [0, 0.1) is 17.6 Å². The molecule has 0 bridgehead atoms. The molecule has 0 radical (unpaired) electrons. The monoisotopic (exact) mass is 343 g/mol. The van der Waals surface area contributed by atoms with E-state index in [1.54, 1.807) is 0 Å². The van der Waals surface area contributed by atoms with Crippen molar-refractivity contribution in [1.82, 2.24) is 10.2 Å². The van der Waals surface area contributed by atoms with Crippen LogP contribution >= 0.6 is 23.1 Å². The van der Waals surface area contributed by atoms with E-state index >= 15 is 0 Å². The van der Waals surface area contributed by atoms with Gasteiger partial charge in [-0.1, -0.05) is 25.2 Å². The molecule has 0 spiro atoms. The third-order valence-electron chi connectivity index (χ3n) is 2.56. The third-order valence-corrected chi connectivity index (χ3v) is 4.41. The number of carbonyl (C=O) groups is 1.